The van der Waals surface area contributed by atoms with Crippen molar-refractivity contribution < 1.29 is 5.11 Å². The molecule has 0 aromatic carbocycles. The van der Waals surface area contributed by atoms with Crippen molar-refractivity contribution in [3.05, 3.63) is 11.9 Å². The zero-order valence-corrected chi connectivity index (χ0v) is 11.0. The van der Waals surface area contributed by atoms with E-state index >= 15 is 0 Å². The van der Waals surface area contributed by atoms with Gasteiger partial charge in [0.25, 0.3) is 0 Å². The van der Waals surface area contributed by atoms with Crippen LogP contribution in [-0.4, -0.2) is 27.2 Å². The average Bonchev–Trinajstić information content (AvgIpc) is 2.28. The molecule has 4 N–H and O–H groups in total. The lowest BCUT2D eigenvalue weighted by Gasteiger charge is -2.28. The maximum absolute atomic E-state index is 9.36. The number of aromatic nitrogens is 2. The Kier molecular flexibility index (Phi) is 4.28. The largest absolute Gasteiger partial charge is 0.394 e. The maximum atomic E-state index is 9.36. The molecule has 0 aliphatic rings. The summed E-state index contributed by atoms with van der Waals surface area (Å²) in [6, 6.07) is 1.69. The Bertz CT molecular complexity index is 375. The van der Waals surface area contributed by atoms with Crippen LogP contribution >= 0.6 is 0 Å². The molecule has 1 heterocycles. The molecule has 96 valence electrons. The zero-order valence-electron chi connectivity index (χ0n) is 11.0. The maximum Gasteiger partial charge on any atom is 0.135 e. The van der Waals surface area contributed by atoms with Crippen molar-refractivity contribution >= 4 is 11.6 Å². The minimum atomic E-state index is -0.380. The predicted octanol–water partition coefficient (Wildman–Crippen LogP) is 1.76. The molecule has 0 spiro atoms. The van der Waals surface area contributed by atoms with E-state index in [9.17, 15) is 5.11 Å². The summed E-state index contributed by atoms with van der Waals surface area (Å²) in [4.78, 5) is 8.58. The minimum absolute atomic E-state index is 0.0461. The molecule has 5 nitrogen and oxygen atoms in total. The highest BCUT2D eigenvalue weighted by Gasteiger charge is 2.21. The van der Waals surface area contributed by atoms with E-state index in [0.29, 0.717) is 17.5 Å². The van der Waals surface area contributed by atoms with E-state index in [0.717, 1.165) is 6.42 Å². The summed E-state index contributed by atoms with van der Waals surface area (Å²) in [7, 11) is 0. The number of aliphatic hydroxyl groups excluding tert-OH is 1. The lowest BCUT2D eigenvalue weighted by Crippen LogP contribution is -2.38. The third-order valence-corrected chi connectivity index (χ3v) is 2.84. The third kappa shape index (κ3) is 3.56. The smallest absolute Gasteiger partial charge is 0.135 e. The number of aliphatic hydroxyl groups is 1. The zero-order chi connectivity index (χ0) is 13.1. The lowest BCUT2D eigenvalue weighted by molar-refractivity contribution is 0.218. The molecule has 0 radical (unpaired) electrons. The van der Waals surface area contributed by atoms with Crippen molar-refractivity contribution in [2.45, 2.75) is 45.6 Å². The van der Waals surface area contributed by atoms with Crippen molar-refractivity contribution in [1.29, 1.82) is 0 Å². The predicted molar refractivity (Wildman–Crippen MR) is 69.9 cm³/mol. The van der Waals surface area contributed by atoms with Gasteiger partial charge in [-0.3, -0.25) is 0 Å². The summed E-state index contributed by atoms with van der Waals surface area (Å²) in [6.45, 7) is 8.04. The van der Waals surface area contributed by atoms with Crippen LogP contribution in [0.5, 0.6) is 0 Å². The summed E-state index contributed by atoms with van der Waals surface area (Å²) in [5, 5.41) is 12.6. The van der Waals surface area contributed by atoms with E-state index in [2.05, 4.69) is 15.3 Å². The van der Waals surface area contributed by atoms with E-state index in [1.165, 1.54) is 0 Å². The highest BCUT2D eigenvalue weighted by molar-refractivity contribution is 5.46. The van der Waals surface area contributed by atoms with E-state index in [-0.39, 0.29) is 18.1 Å². The summed E-state index contributed by atoms with van der Waals surface area (Å²) < 4.78 is 0. The van der Waals surface area contributed by atoms with Gasteiger partial charge in [0.15, 0.2) is 0 Å². The topological polar surface area (TPSA) is 84.1 Å². The number of hydrogen-bond acceptors (Lipinski definition) is 5. The number of nitrogens with zero attached hydrogens (tertiary/aromatic N) is 2. The molecule has 17 heavy (non-hydrogen) atoms. The molecule has 0 bridgehead atoms. The summed E-state index contributed by atoms with van der Waals surface area (Å²) in [5.74, 6) is 2.05. The van der Waals surface area contributed by atoms with Crippen molar-refractivity contribution in [3.8, 4) is 0 Å². The third-order valence-electron chi connectivity index (χ3n) is 2.84. The molecule has 1 rings (SSSR count). The summed E-state index contributed by atoms with van der Waals surface area (Å²) >= 11 is 0. The molecule has 0 aliphatic heterocycles. The number of nitrogens with two attached hydrogens (primary N) is 1. The van der Waals surface area contributed by atoms with Gasteiger partial charge in [-0.05, 0) is 13.3 Å². The van der Waals surface area contributed by atoms with Gasteiger partial charge < -0.3 is 16.2 Å². The van der Waals surface area contributed by atoms with Crippen LogP contribution in [0, 0.1) is 0 Å². The molecule has 5 heteroatoms. The van der Waals surface area contributed by atoms with Crippen LogP contribution in [0.2, 0.25) is 0 Å². The molecule has 0 amide bonds. The van der Waals surface area contributed by atoms with Crippen LogP contribution in [0.1, 0.15) is 45.9 Å². The number of nitrogens with one attached hydrogen (secondary N) is 1. The normalized spacial score (nSPS) is 14.7. The van der Waals surface area contributed by atoms with Crippen LogP contribution in [-0.2, 0) is 0 Å². The average molecular weight is 238 g/mol. The second-order valence-corrected chi connectivity index (χ2v) is 4.89. The van der Waals surface area contributed by atoms with Gasteiger partial charge in [-0.15, -0.1) is 0 Å². The van der Waals surface area contributed by atoms with Crippen molar-refractivity contribution in [1.82, 2.24) is 9.97 Å². The fourth-order valence-electron chi connectivity index (χ4n) is 1.36. The number of rotatable bonds is 5. The quantitative estimate of drug-likeness (QED) is 0.728. The van der Waals surface area contributed by atoms with Gasteiger partial charge in [-0.25, -0.2) is 9.97 Å². The fraction of sp³-hybridized carbons (Fsp3) is 0.667. The summed E-state index contributed by atoms with van der Waals surface area (Å²) in [5.41, 5.74) is 5.37. The SMILES string of the molecule is CCC(C)(CO)Nc1cc(N)nc(C(C)C)n1. The van der Waals surface area contributed by atoms with Crippen molar-refractivity contribution in [2.24, 2.45) is 0 Å². The lowest BCUT2D eigenvalue weighted by atomic mass is 10.0. The monoisotopic (exact) mass is 238 g/mol. The molecule has 0 saturated carbocycles. The first-order valence-electron chi connectivity index (χ1n) is 5.93. The number of hydrogen-bond donors (Lipinski definition) is 3. The van der Waals surface area contributed by atoms with E-state index in [1.807, 2.05) is 27.7 Å². The Morgan fingerprint density at radius 3 is 2.59 bits per heavy atom. The molecule has 0 aliphatic carbocycles. The van der Waals surface area contributed by atoms with Gasteiger partial charge >= 0.3 is 0 Å². The van der Waals surface area contributed by atoms with Crippen LogP contribution in [0.25, 0.3) is 0 Å². The Morgan fingerprint density at radius 1 is 1.47 bits per heavy atom. The second-order valence-electron chi connectivity index (χ2n) is 4.89. The highest BCUT2D eigenvalue weighted by Crippen LogP contribution is 2.20. The summed E-state index contributed by atoms with van der Waals surface area (Å²) in [6.07, 6.45) is 0.796. The fourth-order valence-corrected chi connectivity index (χ4v) is 1.36. The van der Waals surface area contributed by atoms with Gasteiger partial charge in [-0.2, -0.15) is 0 Å². The Balaban J connectivity index is 2.98. The Hall–Kier alpha value is -1.36. The van der Waals surface area contributed by atoms with E-state index in [4.69, 9.17) is 5.73 Å². The first kappa shape index (κ1) is 13.7. The van der Waals surface area contributed by atoms with Crippen LogP contribution in [0.15, 0.2) is 6.07 Å². The molecular formula is C12H22N4O. The standard InChI is InChI=1S/C12H22N4O/c1-5-12(4,7-17)16-10-6-9(13)14-11(15-10)8(2)3/h6,8,17H,5,7H2,1-4H3,(H3,13,14,15,16). The molecule has 1 unspecified atom stereocenters. The molecule has 0 fully saturated rings. The van der Waals surface area contributed by atoms with Crippen molar-refractivity contribution in [2.75, 3.05) is 17.7 Å². The minimum Gasteiger partial charge on any atom is -0.394 e. The van der Waals surface area contributed by atoms with Gasteiger partial charge in [0, 0.05) is 12.0 Å². The van der Waals surface area contributed by atoms with Gasteiger partial charge in [0.2, 0.25) is 0 Å². The molecular weight excluding hydrogens is 216 g/mol. The number of nitrogen functional groups attached to an aromatic ring is 1. The van der Waals surface area contributed by atoms with Gasteiger partial charge in [0.05, 0.1) is 12.1 Å². The van der Waals surface area contributed by atoms with E-state index in [1.54, 1.807) is 6.07 Å². The van der Waals surface area contributed by atoms with Crippen molar-refractivity contribution in [3.63, 3.8) is 0 Å². The van der Waals surface area contributed by atoms with Crippen LogP contribution in [0.4, 0.5) is 11.6 Å². The van der Waals surface area contributed by atoms with Gasteiger partial charge in [0.1, 0.15) is 17.5 Å². The first-order chi connectivity index (χ1) is 7.90. The molecule has 1 aromatic rings. The van der Waals surface area contributed by atoms with E-state index < -0.39 is 0 Å². The molecule has 1 atom stereocenters. The molecule has 0 saturated heterocycles. The first-order valence-corrected chi connectivity index (χ1v) is 5.93. The highest BCUT2D eigenvalue weighted by atomic mass is 16.3. The Labute approximate surface area is 102 Å². The Morgan fingerprint density at radius 2 is 2.12 bits per heavy atom. The van der Waals surface area contributed by atoms with Crippen LogP contribution in [0.3, 0.4) is 0 Å². The van der Waals surface area contributed by atoms with Crippen LogP contribution < -0.4 is 11.1 Å². The second kappa shape index (κ2) is 5.31. The number of anilines is 2. The molecule has 1 aromatic heterocycles. The van der Waals surface area contributed by atoms with Gasteiger partial charge in [-0.1, -0.05) is 20.8 Å².